The number of methoxy groups -OCH3 is 1. The molecule has 2 fully saturated rings. The summed E-state index contributed by atoms with van der Waals surface area (Å²) >= 11 is 3.67. The van der Waals surface area contributed by atoms with Gasteiger partial charge in [0, 0.05) is 88.6 Å². The van der Waals surface area contributed by atoms with Gasteiger partial charge in [-0.05, 0) is 96.8 Å². The van der Waals surface area contributed by atoms with E-state index in [0.29, 0.717) is 17.8 Å². The van der Waals surface area contributed by atoms with E-state index in [9.17, 15) is 0 Å². The van der Waals surface area contributed by atoms with Gasteiger partial charge in [0.15, 0.2) is 5.82 Å². The largest absolute Gasteiger partial charge is 0.494 e. The van der Waals surface area contributed by atoms with Gasteiger partial charge in [0.25, 0.3) is 0 Å². The van der Waals surface area contributed by atoms with Crippen molar-refractivity contribution < 1.29 is 4.74 Å². The molecule has 0 amide bonds. The third kappa shape index (κ3) is 8.31. The molecular weight excluding hydrogens is 711 g/mol. The van der Waals surface area contributed by atoms with Crippen LogP contribution in [0.4, 0.5) is 34.6 Å². The SMILES string of the molecule is CCc1cc(Nc2ncc(Br)c(Nc3ccc(-c4ccc(N(C)C)nn4)cc3P(C)C)n2)c(OC)cc1N1CCC(N2CCN(C)CC2)CC1. The van der Waals surface area contributed by atoms with E-state index in [1.165, 1.54) is 55.6 Å². The molecule has 0 atom stereocenters. The second-order valence-corrected chi connectivity index (χ2v) is 16.7. The number of piperidine rings is 1. The number of aromatic nitrogens is 4. The van der Waals surface area contributed by atoms with Crippen LogP contribution < -0.4 is 30.5 Å². The van der Waals surface area contributed by atoms with E-state index in [-0.39, 0.29) is 0 Å². The lowest BCUT2D eigenvalue weighted by Crippen LogP contribution is -2.52. The molecule has 2 aliphatic rings. The summed E-state index contributed by atoms with van der Waals surface area (Å²) in [4.78, 5) is 19.1. The standard InChI is InChI=1S/C37H50BrN10OP/c1-8-25-21-31(33(49-5)23-32(25)48-15-13-27(14-16-48)47-19-17-46(4)18-20-47)41-37-39-24-28(38)36(42-37)40-30-10-9-26(22-34(30)50(6)7)29-11-12-35(44-43-29)45(2)3/h9-12,21-24,27H,8,13-20H2,1-7H3,(H2,39,40,41,42). The molecule has 0 saturated carbocycles. The number of nitrogens with zero attached hydrogens (tertiary/aromatic N) is 8. The summed E-state index contributed by atoms with van der Waals surface area (Å²) in [5.74, 6) is 2.77. The quantitative estimate of drug-likeness (QED) is 0.166. The van der Waals surface area contributed by atoms with Crippen molar-refractivity contribution in [3.05, 3.63) is 58.7 Å². The Morgan fingerprint density at radius 2 is 1.70 bits per heavy atom. The van der Waals surface area contributed by atoms with E-state index in [4.69, 9.17) is 9.72 Å². The van der Waals surface area contributed by atoms with Gasteiger partial charge in [-0.3, -0.25) is 4.90 Å². The predicted molar refractivity (Wildman–Crippen MR) is 213 cm³/mol. The number of anilines is 6. The van der Waals surface area contributed by atoms with Crippen LogP contribution in [0.25, 0.3) is 11.3 Å². The van der Waals surface area contributed by atoms with Crippen LogP contribution in [-0.2, 0) is 6.42 Å². The maximum atomic E-state index is 5.94. The van der Waals surface area contributed by atoms with Crippen molar-refractivity contribution in [2.75, 3.05) is 101 Å². The van der Waals surface area contributed by atoms with Crippen LogP contribution in [0.3, 0.4) is 0 Å². The molecule has 4 heterocycles. The molecule has 2 aromatic carbocycles. The first kappa shape index (κ1) is 36.2. The van der Waals surface area contributed by atoms with Crippen molar-refractivity contribution in [1.82, 2.24) is 30.0 Å². The van der Waals surface area contributed by atoms with Crippen LogP contribution in [0.1, 0.15) is 25.3 Å². The van der Waals surface area contributed by atoms with Crippen LogP contribution in [0.2, 0.25) is 0 Å². The molecule has 0 bridgehead atoms. The van der Waals surface area contributed by atoms with Gasteiger partial charge in [0.1, 0.15) is 11.6 Å². The first-order valence-corrected chi connectivity index (χ1v) is 20.4. The highest BCUT2D eigenvalue weighted by Gasteiger charge is 2.28. The molecule has 0 radical (unpaired) electrons. The number of nitrogens with one attached hydrogen (secondary N) is 2. The van der Waals surface area contributed by atoms with Gasteiger partial charge in [-0.25, -0.2) is 4.98 Å². The number of rotatable bonds is 11. The Morgan fingerprint density at radius 1 is 0.940 bits per heavy atom. The lowest BCUT2D eigenvalue weighted by molar-refractivity contribution is 0.0982. The average molecular weight is 762 g/mol. The van der Waals surface area contributed by atoms with Crippen LogP contribution in [0.5, 0.6) is 5.75 Å². The number of benzene rings is 2. The first-order valence-electron chi connectivity index (χ1n) is 17.4. The number of piperazine rings is 1. The maximum Gasteiger partial charge on any atom is 0.229 e. The topological polar surface area (TPSA) is 97.8 Å². The zero-order valence-electron chi connectivity index (χ0n) is 30.4. The molecule has 4 aromatic rings. The number of ether oxygens (including phenoxy) is 1. The Hall–Kier alpha value is -3.57. The van der Waals surface area contributed by atoms with E-state index in [1.807, 2.05) is 31.1 Å². The van der Waals surface area contributed by atoms with Crippen molar-refractivity contribution in [1.29, 1.82) is 0 Å². The Bertz CT molecular complexity index is 1760. The maximum absolute atomic E-state index is 5.94. The van der Waals surface area contributed by atoms with Gasteiger partial charge in [0.05, 0.1) is 23.0 Å². The molecule has 0 unspecified atom stereocenters. The Morgan fingerprint density at radius 3 is 2.34 bits per heavy atom. The number of halogens is 1. The van der Waals surface area contributed by atoms with Gasteiger partial charge in [-0.1, -0.05) is 20.9 Å². The minimum absolute atomic E-state index is 0.440. The van der Waals surface area contributed by atoms with E-state index < -0.39 is 7.92 Å². The molecule has 0 aliphatic carbocycles. The van der Waals surface area contributed by atoms with Crippen molar-refractivity contribution in [3.63, 3.8) is 0 Å². The van der Waals surface area contributed by atoms with E-state index in [0.717, 1.165) is 58.2 Å². The summed E-state index contributed by atoms with van der Waals surface area (Å²) in [6, 6.07) is 15.4. The second kappa shape index (κ2) is 16.2. The van der Waals surface area contributed by atoms with Crippen molar-refractivity contribution >= 4 is 63.8 Å². The zero-order chi connectivity index (χ0) is 35.4. The third-order valence-electron chi connectivity index (χ3n) is 9.77. The summed E-state index contributed by atoms with van der Waals surface area (Å²) < 4.78 is 6.71. The molecule has 11 nitrogen and oxygen atoms in total. The summed E-state index contributed by atoms with van der Waals surface area (Å²) in [7, 11) is 7.44. The fraction of sp³-hybridized carbons (Fsp3) is 0.459. The normalized spacial score (nSPS) is 16.1. The number of aryl methyl sites for hydroxylation is 1. The minimum Gasteiger partial charge on any atom is -0.494 e. The van der Waals surface area contributed by atoms with E-state index in [2.05, 4.69) is 114 Å². The summed E-state index contributed by atoms with van der Waals surface area (Å²) in [6.45, 7) is 13.5. The molecule has 266 valence electrons. The smallest absolute Gasteiger partial charge is 0.229 e. The molecular formula is C37H50BrN10OP. The highest BCUT2D eigenvalue weighted by molar-refractivity contribution is 9.10. The fourth-order valence-corrected chi connectivity index (χ4v) is 8.06. The molecule has 2 aromatic heterocycles. The Kier molecular flexibility index (Phi) is 11.7. The summed E-state index contributed by atoms with van der Waals surface area (Å²) in [5, 5.41) is 17.1. The molecule has 2 saturated heterocycles. The minimum atomic E-state index is -0.440. The predicted octanol–water partition coefficient (Wildman–Crippen LogP) is 6.40. The van der Waals surface area contributed by atoms with Crippen LogP contribution in [0, 0.1) is 0 Å². The molecule has 13 heteroatoms. The Balaban J connectivity index is 1.19. The number of hydrogen-bond acceptors (Lipinski definition) is 11. The highest BCUT2D eigenvalue weighted by atomic mass is 79.9. The highest BCUT2D eigenvalue weighted by Crippen LogP contribution is 2.38. The van der Waals surface area contributed by atoms with Crippen molar-refractivity contribution in [2.45, 2.75) is 32.2 Å². The molecule has 2 aliphatic heterocycles. The van der Waals surface area contributed by atoms with E-state index in [1.54, 1.807) is 13.3 Å². The number of hydrogen-bond donors (Lipinski definition) is 2. The first-order chi connectivity index (χ1) is 24.1. The molecule has 6 rings (SSSR count). The van der Waals surface area contributed by atoms with Crippen molar-refractivity contribution in [3.8, 4) is 17.0 Å². The van der Waals surface area contributed by atoms with Crippen LogP contribution >= 0.6 is 23.9 Å². The van der Waals surface area contributed by atoms with Gasteiger partial charge >= 0.3 is 0 Å². The molecule has 50 heavy (non-hydrogen) atoms. The van der Waals surface area contributed by atoms with Gasteiger partial charge in [-0.2, -0.15) is 4.98 Å². The van der Waals surface area contributed by atoms with Crippen LogP contribution in [0.15, 0.2) is 53.1 Å². The monoisotopic (exact) mass is 760 g/mol. The zero-order valence-corrected chi connectivity index (χ0v) is 32.9. The summed E-state index contributed by atoms with van der Waals surface area (Å²) in [6.07, 6.45) is 5.08. The summed E-state index contributed by atoms with van der Waals surface area (Å²) in [5.41, 5.74) is 6.27. The van der Waals surface area contributed by atoms with Crippen LogP contribution in [-0.4, -0.2) is 117 Å². The second-order valence-electron chi connectivity index (χ2n) is 13.5. The van der Waals surface area contributed by atoms with Gasteiger partial charge in [0.2, 0.25) is 5.95 Å². The Labute approximate surface area is 306 Å². The molecule has 0 spiro atoms. The lowest BCUT2D eigenvalue weighted by atomic mass is 9.99. The average Bonchev–Trinajstić information content (AvgIpc) is 3.13. The van der Waals surface area contributed by atoms with Gasteiger partial charge in [-0.15, -0.1) is 10.2 Å². The third-order valence-corrected chi connectivity index (χ3v) is 11.7. The van der Waals surface area contributed by atoms with Gasteiger partial charge < -0.3 is 30.1 Å². The lowest BCUT2D eigenvalue weighted by Gasteiger charge is -2.43. The van der Waals surface area contributed by atoms with E-state index >= 15 is 0 Å². The number of likely N-dealkylation sites (N-methyl/N-ethyl adjacent to an activating group) is 1. The fourth-order valence-electron chi connectivity index (χ4n) is 6.76. The molecule has 2 N–H and O–H groups in total. The van der Waals surface area contributed by atoms with Crippen molar-refractivity contribution in [2.24, 2.45) is 0 Å².